The van der Waals surface area contributed by atoms with Gasteiger partial charge in [-0.05, 0) is 18.4 Å². The fourth-order valence-electron chi connectivity index (χ4n) is 1.43. The van der Waals surface area contributed by atoms with Gasteiger partial charge in [-0.3, -0.25) is 5.10 Å². The van der Waals surface area contributed by atoms with Crippen molar-refractivity contribution in [2.45, 2.75) is 40.5 Å². The molecule has 0 saturated heterocycles. The molecule has 0 amide bonds. The maximum Gasteiger partial charge on any atom is 0.278 e. The normalized spacial score (nSPS) is 13.9. The van der Waals surface area contributed by atoms with Crippen LogP contribution in [0.2, 0.25) is 0 Å². The van der Waals surface area contributed by atoms with Crippen molar-refractivity contribution in [1.29, 1.82) is 0 Å². The summed E-state index contributed by atoms with van der Waals surface area (Å²) >= 11 is 0. The zero-order chi connectivity index (χ0) is 12.6. The highest BCUT2D eigenvalue weighted by Crippen LogP contribution is 2.33. The van der Waals surface area contributed by atoms with Crippen LogP contribution in [0.25, 0.3) is 11.6 Å². The third-order valence-electron chi connectivity index (χ3n) is 3.05. The molecule has 0 spiro atoms. The van der Waals surface area contributed by atoms with E-state index in [0.717, 1.165) is 11.5 Å². The zero-order valence-corrected chi connectivity index (χ0v) is 10.9. The lowest BCUT2D eigenvalue weighted by atomic mass is 9.82. The molecule has 0 bridgehead atoms. The first-order chi connectivity index (χ1) is 7.88. The summed E-state index contributed by atoms with van der Waals surface area (Å²) in [5, 5.41) is 11.0. The van der Waals surface area contributed by atoms with Gasteiger partial charge >= 0.3 is 0 Å². The zero-order valence-electron chi connectivity index (χ0n) is 10.9. The molecule has 1 N–H and O–H groups in total. The molecule has 2 heterocycles. The molecular formula is C12H18N4O. The second-order valence-electron chi connectivity index (χ2n) is 5.48. The Bertz CT molecular complexity index is 507. The number of aryl methyl sites for hydroxylation is 1. The van der Waals surface area contributed by atoms with Crippen molar-refractivity contribution in [3.05, 3.63) is 17.6 Å². The molecule has 0 fully saturated rings. The van der Waals surface area contributed by atoms with Gasteiger partial charge in [-0.15, -0.1) is 0 Å². The van der Waals surface area contributed by atoms with E-state index in [0.29, 0.717) is 11.6 Å². The Labute approximate surface area is 101 Å². The van der Waals surface area contributed by atoms with E-state index in [-0.39, 0.29) is 11.3 Å². The van der Waals surface area contributed by atoms with Gasteiger partial charge in [0.05, 0.1) is 0 Å². The van der Waals surface area contributed by atoms with Gasteiger partial charge in [-0.2, -0.15) is 10.1 Å². The summed E-state index contributed by atoms with van der Waals surface area (Å²) in [7, 11) is 0. The Morgan fingerprint density at radius 3 is 2.59 bits per heavy atom. The van der Waals surface area contributed by atoms with E-state index < -0.39 is 0 Å². The summed E-state index contributed by atoms with van der Waals surface area (Å²) in [6, 6.07) is 1.89. The van der Waals surface area contributed by atoms with Gasteiger partial charge in [0.2, 0.25) is 0 Å². The minimum absolute atomic E-state index is 0.114. The van der Waals surface area contributed by atoms with E-state index in [2.05, 4.69) is 48.0 Å². The first kappa shape index (κ1) is 11.8. The third-order valence-corrected chi connectivity index (χ3v) is 3.05. The molecule has 0 radical (unpaired) electrons. The lowest BCUT2D eigenvalue weighted by molar-refractivity contribution is 0.315. The van der Waals surface area contributed by atoms with Crippen molar-refractivity contribution in [3.8, 4) is 11.6 Å². The molecule has 1 unspecified atom stereocenters. The minimum Gasteiger partial charge on any atom is -0.332 e. The van der Waals surface area contributed by atoms with Crippen LogP contribution in [-0.4, -0.2) is 20.3 Å². The molecule has 0 saturated carbocycles. The van der Waals surface area contributed by atoms with Crippen LogP contribution in [0.5, 0.6) is 0 Å². The number of hydrogen-bond acceptors (Lipinski definition) is 4. The maximum atomic E-state index is 5.24. The Morgan fingerprint density at radius 1 is 1.35 bits per heavy atom. The molecular weight excluding hydrogens is 216 g/mol. The van der Waals surface area contributed by atoms with Crippen molar-refractivity contribution < 1.29 is 4.52 Å². The fraction of sp³-hybridized carbons (Fsp3) is 0.583. The Hall–Kier alpha value is -1.65. The molecule has 5 nitrogen and oxygen atoms in total. The molecule has 17 heavy (non-hydrogen) atoms. The molecule has 0 aliphatic heterocycles. The molecule has 2 aromatic heterocycles. The maximum absolute atomic E-state index is 5.24. The summed E-state index contributed by atoms with van der Waals surface area (Å²) in [6.45, 7) is 10.5. The van der Waals surface area contributed by atoms with Crippen molar-refractivity contribution >= 4 is 0 Å². The summed E-state index contributed by atoms with van der Waals surface area (Å²) in [6.07, 6.45) is 0. The van der Waals surface area contributed by atoms with Gasteiger partial charge in [0.25, 0.3) is 5.89 Å². The van der Waals surface area contributed by atoms with E-state index in [4.69, 9.17) is 4.52 Å². The van der Waals surface area contributed by atoms with Gasteiger partial charge < -0.3 is 4.52 Å². The number of nitrogens with zero attached hydrogens (tertiary/aromatic N) is 3. The molecule has 0 aliphatic carbocycles. The monoisotopic (exact) mass is 234 g/mol. The van der Waals surface area contributed by atoms with Gasteiger partial charge in [0, 0.05) is 11.6 Å². The summed E-state index contributed by atoms with van der Waals surface area (Å²) < 4.78 is 5.24. The molecule has 92 valence electrons. The Kier molecular flexibility index (Phi) is 2.77. The van der Waals surface area contributed by atoms with Gasteiger partial charge in [0.1, 0.15) is 0 Å². The Balaban J connectivity index is 2.28. The first-order valence-corrected chi connectivity index (χ1v) is 5.74. The van der Waals surface area contributed by atoms with E-state index in [1.54, 1.807) is 0 Å². The smallest absolute Gasteiger partial charge is 0.278 e. The standard InChI is InChI=1S/C12H18N4O/c1-7-6-9(15-14-7)11-13-10(16-17-11)8(2)12(3,4)5/h6,8H,1-5H3,(H,14,15). The second-order valence-corrected chi connectivity index (χ2v) is 5.48. The average molecular weight is 234 g/mol. The van der Waals surface area contributed by atoms with Gasteiger partial charge in [-0.25, -0.2) is 0 Å². The van der Waals surface area contributed by atoms with E-state index in [9.17, 15) is 0 Å². The minimum atomic E-state index is 0.114. The Morgan fingerprint density at radius 2 is 2.06 bits per heavy atom. The molecule has 2 aromatic rings. The molecule has 5 heteroatoms. The SMILES string of the molecule is Cc1cc(-c2nc(C(C)C(C)(C)C)no2)n[nH]1. The van der Waals surface area contributed by atoms with Crippen LogP contribution >= 0.6 is 0 Å². The van der Waals surface area contributed by atoms with Crippen molar-refractivity contribution in [1.82, 2.24) is 20.3 Å². The predicted molar refractivity (Wildman–Crippen MR) is 64.5 cm³/mol. The van der Waals surface area contributed by atoms with Crippen LogP contribution < -0.4 is 0 Å². The highest BCUT2D eigenvalue weighted by atomic mass is 16.5. The van der Waals surface area contributed by atoms with Crippen molar-refractivity contribution in [2.24, 2.45) is 5.41 Å². The van der Waals surface area contributed by atoms with Crippen LogP contribution in [0, 0.1) is 12.3 Å². The van der Waals surface area contributed by atoms with Crippen LogP contribution in [0.1, 0.15) is 45.1 Å². The first-order valence-electron chi connectivity index (χ1n) is 5.74. The third kappa shape index (κ3) is 2.38. The predicted octanol–water partition coefficient (Wildman–Crippen LogP) is 2.92. The number of H-pyrrole nitrogens is 1. The summed E-state index contributed by atoms with van der Waals surface area (Å²) in [4.78, 5) is 4.40. The van der Waals surface area contributed by atoms with Crippen LogP contribution in [0.3, 0.4) is 0 Å². The number of aromatic nitrogens is 4. The van der Waals surface area contributed by atoms with Crippen LogP contribution in [0.4, 0.5) is 0 Å². The fourth-order valence-corrected chi connectivity index (χ4v) is 1.43. The largest absolute Gasteiger partial charge is 0.332 e. The van der Waals surface area contributed by atoms with E-state index in [1.165, 1.54) is 0 Å². The number of nitrogens with one attached hydrogen (secondary N) is 1. The topological polar surface area (TPSA) is 67.6 Å². The second kappa shape index (κ2) is 3.98. The quantitative estimate of drug-likeness (QED) is 0.867. The van der Waals surface area contributed by atoms with Crippen molar-refractivity contribution in [3.63, 3.8) is 0 Å². The van der Waals surface area contributed by atoms with Crippen LogP contribution in [-0.2, 0) is 0 Å². The molecule has 0 aliphatic rings. The van der Waals surface area contributed by atoms with E-state index in [1.807, 2.05) is 13.0 Å². The summed E-state index contributed by atoms with van der Waals surface area (Å²) in [5.41, 5.74) is 1.79. The van der Waals surface area contributed by atoms with Crippen LogP contribution in [0.15, 0.2) is 10.6 Å². The highest BCUT2D eigenvalue weighted by molar-refractivity contribution is 5.46. The lowest BCUT2D eigenvalue weighted by Gasteiger charge is -2.23. The number of rotatable bonds is 2. The number of aromatic amines is 1. The average Bonchev–Trinajstić information content (AvgIpc) is 2.83. The molecule has 1 atom stereocenters. The lowest BCUT2D eigenvalue weighted by Crippen LogP contribution is -2.16. The number of hydrogen-bond donors (Lipinski definition) is 1. The van der Waals surface area contributed by atoms with Crippen molar-refractivity contribution in [2.75, 3.05) is 0 Å². The molecule has 0 aromatic carbocycles. The van der Waals surface area contributed by atoms with E-state index >= 15 is 0 Å². The summed E-state index contributed by atoms with van der Waals surface area (Å²) in [5.74, 6) is 1.44. The van der Waals surface area contributed by atoms with Gasteiger partial charge in [0.15, 0.2) is 11.5 Å². The van der Waals surface area contributed by atoms with Gasteiger partial charge in [-0.1, -0.05) is 32.9 Å². The highest BCUT2D eigenvalue weighted by Gasteiger charge is 2.26. The molecule has 2 rings (SSSR count).